The summed E-state index contributed by atoms with van der Waals surface area (Å²) in [7, 11) is 2.52. The fourth-order valence-electron chi connectivity index (χ4n) is 4.78. The van der Waals surface area contributed by atoms with Crippen LogP contribution in [0.25, 0.3) is 0 Å². The van der Waals surface area contributed by atoms with Gasteiger partial charge in [-0.25, -0.2) is 4.79 Å². The average Bonchev–Trinajstić information content (AvgIpc) is 3.27. The molecule has 4 rings (SSSR count). The fourth-order valence-corrected chi connectivity index (χ4v) is 6.31. The van der Waals surface area contributed by atoms with E-state index in [1.54, 1.807) is 35.2 Å². The van der Waals surface area contributed by atoms with Gasteiger partial charge in [0.2, 0.25) is 5.91 Å². The smallest absolute Gasteiger partial charge is 0.329 e. The number of nitrogens with zero attached hydrogens (tertiary/aromatic N) is 1. The first-order valence-corrected chi connectivity index (χ1v) is 13.4. The molecule has 202 valence electrons. The average molecular weight is 547 g/mol. The lowest BCUT2D eigenvalue weighted by Gasteiger charge is -2.36. The Bertz CT molecular complexity index is 1300. The van der Waals surface area contributed by atoms with Crippen molar-refractivity contribution in [2.75, 3.05) is 20.0 Å². The Morgan fingerprint density at radius 1 is 0.923 bits per heavy atom. The molecule has 2 amide bonds. The molecule has 3 aromatic rings. The van der Waals surface area contributed by atoms with Gasteiger partial charge in [0.15, 0.2) is 0 Å². The molecule has 8 nitrogen and oxygen atoms in total. The Morgan fingerprint density at radius 2 is 1.51 bits per heavy atom. The number of hydrogen-bond donors (Lipinski definition) is 1. The zero-order valence-electron chi connectivity index (χ0n) is 21.7. The molecule has 3 aromatic carbocycles. The predicted molar refractivity (Wildman–Crippen MR) is 148 cm³/mol. The molecule has 1 aliphatic heterocycles. The number of methoxy groups -OCH3 is 2. The minimum atomic E-state index is -1.37. The normalized spacial score (nSPS) is 19.3. The van der Waals surface area contributed by atoms with E-state index in [0.29, 0.717) is 12.1 Å². The van der Waals surface area contributed by atoms with Gasteiger partial charge in [0.25, 0.3) is 5.91 Å². The van der Waals surface area contributed by atoms with Gasteiger partial charge in [-0.15, -0.1) is 11.8 Å². The second-order valence-corrected chi connectivity index (χ2v) is 10.5. The SMILES string of the molecule is COC(=O)[C@H](CS[C@]1(C(=O)OC)CC(=O)N(Cc2ccccc2)[C@@H]1c1ccccc1)NC(=O)c1ccccc1. The maximum atomic E-state index is 13.5. The van der Waals surface area contributed by atoms with Crippen LogP contribution in [-0.2, 0) is 30.4 Å². The summed E-state index contributed by atoms with van der Waals surface area (Å²) in [6.07, 6.45) is -0.128. The molecule has 1 heterocycles. The van der Waals surface area contributed by atoms with Crippen molar-refractivity contribution < 1.29 is 28.7 Å². The van der Waals surface area contributed by atoms with Crippen molar-refractivity contribution in [1.29, 1.82) is 0 Å². The summed E-state index contributed by atoms with van der Waals surface area (Å²) in [5.74, 6) is -1.92. The van der Waals surface area contributed by atoms with Crippen LogP contribution >= 0.6 is 11.8 Å². The first-order chi connectivity index (χ1) is 18.9. The molecule has 39 heavy (non-hydrogen) atoms. The van der Waals surface area contributed by atoms with Gasteiger partial charge in [-0.1, -0.05) is 78.9 Å². The number of benzene rings is 3. The molecule has 1 saturated heterocycles. The molecule has 0 spiro atoms. The van der Waals surface area contributed by atoms with Crippen molar-refractivity contribution in [3.63, 3.8) is 0 Å². The highest BCUT2D eigenvalue weighted by Gasteiger charge is 2.59. The Kier molecular flexibility index (Phi) is 9.03. The number of ether oxygens (including phenoxy) is 2. The van der Waals surface area contributed by atoms with Gasteiger partial charge >= 0.3 is 11.9 Å². The van der Waals surface area contributed by atoms with Gasteiger partial charge in [0, 0.05) is 17.9 Å². The number of likely N-dealkylation sites (tertiary alicyclic amines) is 1. The van der Waals surface area contributed by atoms with E-state index in [9.17, 15) is 19.2 Å². The zero-order valence-corrected chi connectivity index (χ0v) is 22.6. The van der Waals surface area contributed by atoms with Gasteiger partial charge in [0.05, 0.1) is 26.7 Å². The standard InChI is InChI=1S/C30H30N2O6S/c1-37-28(35)24(31-27(34)23-16-10-5-11-17-23)20-39-30(29(36)38-2)18-25(33)32(19-21-12-6-3-7-13-21)26(30)22-14-8-4-9-15-22/h3-17,24,26H,18-20H2,1-2H3,(H,31,34)/t24-,26+,30+/m0/s1. The van der Waals surface area contributed by atoms with Crippen molar-refractivity contribution in [3.05, 3.63) is 108 Å². The van der Waals surface area contributed by atoms with Crippen LogP contribution in [-0.4, -0.2) is 59.4 Å². The third kappa shape index (κ3) is 6.15. The predicted octanol–water partition coefficient (Wildman–Crippen LogP) is 3.78. The first kappa shape index (κ1) is 27.9. The number of carbonyl (C=O) groups is 4. The maximum absolute atomic E-state index is 13.5. The van der Waals surface area contributed by atoms with E-state index in [0.717, 1.165) is 22.9 Å². The Balaban J connectivity index is 1.68. The number of esters is 2. The molecule has 0 radical (unpaired) electrons. The summed E-state index contributed by atoms with van der Waals surface area (Å²) in [6.45, 7) is 0.295. The van der Waals surface area contributed by atoms with Crippen molar-refractivity contribution in [3.8, 4) is 0 Å². The summed E-state index contributed by atoms with van der Waals surface area (Å²) >= 11 is 1.12. The summed E-state index contributed by atoms with van der Waals surface area (Å²) in [6, 6.07) is 25.6. The summed E-state index contributed by atoms with van der Waals surface area (Å²) in [5.41, 5.74) is 2.06. The number of hydrogen-bond acceptors (Lipinski definition) is 7. The lowest BCUT2D eigenvalue weighted by atomic mass is 9.92. The molecule has 0 bridgehead atoms. The van der Waals surface area contributed by atoms with Crippen LogP contribution in [0.1, 0.15) is 33.9 Å². The molecule has 1 aliphatic rings. The molecule has 0 aromatic heterocycles. The molecular weight excluding hydrogens is 516 g/mol. The van der Waals surface area contributed by atoms with E-state index in [1.165, 1.54) is 14.2 Å². The second-order valence-electron chi connectivity index (χ2n) is 9.10. The number of nitrogens with one attached hydrogen (secondary N) is 1. The highest BCUT2D eigenvalue weighted by Crippen LogP contribution is 2.51. The summed E-state index contributed by atoms with van der Waals surface area (Å²) < 4.78 is 8.85. The molecule has 3 atom stereocenters. The lowest BCUT2D eigenvalue weighted by molar-refractivity contribution is -0.145. The highest BCUT2D eigenvalue weighted by molar-refractivity contribution is 8.01. The molecule has 0 saturated carbocycles. The molecule has 9 heteroatoms. The number of amides is 2. The lowest BCUT2D eigenvalue weighted by Crippen LogP contribution is -2.47. The van der Waals surface area contributed by atoms with E-state index >= 15 is 0 Å². The van der Waals surface area contributed by atoms with E-state index in [1.807, 2.05) is 60.7 Å². The highest BCUT2D eigenvalue weighted by atomic mass is 32.2. The molecule has 0 unspecified atom stereocenters. The number of carbonyl (C=O) groups excluding carboxylic acids is 4. The minimum Gasteiger partial charge on any atom is -0.468 e. The van der Waals surface area contributed by atoms with E-state index in [2.05, 4.69) is 5.32 Å². The number of rotatable bonds is 10. The van der Waals surface area contributed by atoms with Crippen LogP contribution in [0.3, 0.4) is 0 Å². The van der Waals surface area contributed by atoms with Crippen molar-refractivity contribution in [2.24, 2.45) is 0 Å². The van der Waals surface area contributed by atoms with E-state index < -0.39 is 34.7 Å². The van der Waals surface area contributed by atoms with Crippen LogP contribution < -0.4 is 5.32 Å². The van der Waals surface area contributed by atoms with Gasteiger partial charge < -0.3 is 19.7 Å². The Labute approximate surface area is 231 Å². The van der Waals surface area contributed by atoms with Gasteiger partial charge in [-0.05, 0) is 23.3 Å². The van der Waals surface area contributed by atoms with Crippen molar-refractivity contribution in [1.82, 2.24) is 10.2 Å². The summed E-state index contributed by atoms with van der Waals surface area (Å²) in [5, 5.41) is 2.71. The van der Waals surface area contributed by atoms with Crippen molar-refractivity contribution >= 4 is 35.5 Å². The molecule has 1 fully saturated rings. The minimum absolute atomic E-state index is 0.0177. The first-order valence-electron chi connectivity index (χ1n) is 12.4. The monoisotopic (exact) mass is 546 g/mol. The third-order valence-electron chi connectivity index (χ3n) is 6.66. The van der Waals surface area contributed by atoms with E-state index in [4.69, 9.17) is 9.47 Å². The largest absolute Gasteiger partial charge is 0.468 e. The molecular formula is C30H30N2O6S. The number of thioether (sulfide) groups is 1. The van der Waals surface area contributed by atoms with Gasteiger partial charge in [0.1, 0.15) is 10.8 Å². The van der Waals surface area contributed by atoms with Gasteiger partial charge in [-0.3, -0.25) is 14.4 Å². The second kappa shape index (κ2) is 12.6. The molecule has 1 N–H and O–H groups in total. The fraction of sp³-hybridized carbons (Fsp3) is 0.267. The quantitative estimate of drug-likeness (QED) is 0.386. The van der Waals surface area contributed by atoms with Crippen molar-refractivity contribution in [2.45, 2.75) is 29.8 Å². The van der Waals surface area contributed by atoms with Crippen LogP contribution in [0.4, 0.5) is 0 Å². The Hall–Kier alpha value is -4.11. The molecule has 0 aliphatic carbocycles. The van der Waals surface area contributed by atoms with Crippen LogP contribution in [0.15, 0.2) is 91.0 Å². The van der Waals surface area contributed by atoms with Gasteiger partial charge in [-0.2, -0.15) is 0 Å². The maximum Gasteiger partial charge on any atom is 0.329 e. The van der Waals surface area contributed by atoms with Crippen LogP contribution in [0, 0.1) is 0 Å². The zero-order chi connectivity index (χ0) is 27.8. The Morgan fingerprint density at radius 3 is 2.10 bits per heavy atom. The van der Waals surface area contributed by atoms with E-state index in [-0.39, 0.29) is 18.1 Å². The van der Waals surface area contributed by atoms with Crippen LogP contribution in [0.5, 0.6) is 0 Å². The summed E-state index contributed by atoms with van der Waals surface area (Å²) in [4.78, 5) is 54.3. The third-order valence-corrected chi connectivity index (χ3v) is 8.21. The topological polar surface area (TPSA) is 102 Å². The van der Waals surface area contributed by atoms with Crippen LogP contribution in [0.2, 0.25) is 0 Å².